The minimum atomic E-state index is -3.38. The number of hydrogen-bond acceptors (Lipinski definition) is 3. The first-order valence-corrected chi connectivity index (χ1v) is 9.34. The molecule has 2 atom stereocenters. The Morgan fingerprint density at radius 1 is 1.10 bits per heavy atom. The van der Waals surface area contributed by atoms with E-state index >= 15 is 0 Å². The van der Waals surface area contributed by atoms with Crippen LogP contribution in [-0.2, 0) is 10.0 Å². The van der Waals surface area contributed by atoms with Gasteiger partial charge in [0.15, 0.2) is 0 Å². The highest BCUT2D eigenvalue weighted by atomic mass is 32.2. The molecular weight excluding hydrogens is 284 g/mol. The van der Waals surface area contributed by atoms with Crippen LogP contribution in [0.1, 0.15) is 32.1 Å². The van der Waals surface area contributed by atoms with Gasteiger partial charge in [0.2, 0.25) is 10.0 Å². The van der Waals surface area contributed by atoms with E-state index in [9.17, 15) is 8.42 Å². The first kappa shape index (κ1) is 14.9. The lowest BCUT2D eigenvalue weighted by Crippen LogP contribution is -2.44. The minimum absolute atomic E-state index is 0.404. The number of piperidine rings is 1. The summed E-state index contributed by atoms with van der Waals surface area (Å²) in [5.41, 5.74) is 0.684. The third kappa shape index (κ3) is 2.81. The van der Waals surface area contributed by atoms with E-state index in [0.29, 0.717) is 29.6 Å². The van der Waals surface area contributed by atoms with Gasteiger partial charge in [0.25, 0.3) is 0 Å². The first-order valence-electron chi connectivity index (χ1n) is 7.90. The molecule has 1 aliphatic heterocycles. The van der Waals surface area contributed by atoms with Gasteiger partial charge in [-0.3, -0.25) is 0 Å². The quantitative estimate of drug-likeness (QED) is 0.934. The fourth-order valence-corrected chi connectivity index (χ4v) is 5.53. The number of anilines is 1. The van der Waals surface area contributed by atoms with E-state index in [1.807, 2.05) is 12.1 Å². The summed E-state index contributed by atoms with van der Waals surface area (Å²) in [6.07, 6.45) is 6.06. The van der Waals surface area contributed by atoms with Gasteiger partial charge in [-0.1, -0.05) is 31.4 Å². The van der Waals surface area contributed by atoms with Crippen molar-refractivity contribution >= 4 is 15.7 Å². The Bertz CT molecular complexity index is 600. The Morgan fingerprint density at radius 2 is 1.81 bits per heavy atom. The van der Waals surface area contributed by atoms with Crippen molar-refractivity contribution < 1.29 is 8.42 Å². The van der Waals surface area contributed by atoms with Crippen molar-refractivity contribution in [3.63, 3.8) is 0 Å². The number of nitrogens with zero attached hydrogens (tertiary/aromatic N) is 1. The summed E-state index contributed by atoms with van der Waals surface area (Å²) >= 11 is 0. The van der Waals surface area contributed by atoms with Crippen LogP contribution >= 0.6 is 0 Å². The molecule has 3 rings (SSSR count). The van der Waals surface area contributed by atoms with E-state index in [4.69, 9.17) is 0 Å². The molecule has 1 heterocycles. The van der Waals surface area contributed by atoms with Gasteiger partial charge < -0.3 is 5.32 Å². The second kappa shape index (κ2) is 5.97. The van der Waals surface area contributed by atoms with E-state index in [0.717, 1.165) is 12.3 Å². The van der Waals surface area contributed by atoms with Gasteiger partial charge in [-0.2, -0.15) is 4.31 Å². The van der Waals surface area contributed by atoms with Gasteiger partial charge in [0.05, 0.1) is 5.69 Å². The van der Waals surface area contributed by atoms with Crippen molar-refractivity contribution in [3.8, 4) is 0 Å². The number of sulfonamides is 1. The summed E-state index contributed by atoms with van der Waals surface area (Å²) in [4.78, 5) is 0.404. The molecule has 21 heavy (non-hydrogen) atoms. The van der Waals surface area contributed by atoms with Gasteiger partial charge >= 0.3 is 0 Å². The lowest BCUT2D eigenvalue weighted by molar-refractivity contribution is 0.136. The van der Waals surface area contributed by atoms with Crippen LogP contribution in [0.25, 0.3) is 0 Å². The predicted octanol–water partition coefficient (Wildman–Crippen LogP) is 2.93. The molecule has 0 spiro atoms. The number of hydrogen-bond donors (Lipinski definition) is 1. The SMILES string of the molecule is CNc1ccccc1S(=O)(=O)N1CCC2CCCCC2C1. The number of fused-ring (bicyclic) bond motifs is 1. The lowest BCUT2D eigenvalue weighted by Gasteiger charge is -2.40. The Hall–Kier alpha value is -1.07. The number of nitrogens with one attached hydrogen (secondary N) is 1. The Morgan fingerprint density at radius 3 is 2.57 bits per heavy atom. The first-order chi connectivity index (χ1) is 10.1. The molecule has 1 saturated heterocycles. The Labute approximate surface area is 127 Å². The Balaban J connectivity index is 1.85. The van der Waals surface area contributed by atoms with Gasteiger partial charge in [-0.15, -0.1) is 0 Å². The fraction of sp³-hybridized carbons (Fsp3) is 0.625. The molecule has 116 valence electrons. The molecule has 1 aliphatic carbocycles. The smallest absolute Gasteiger partial charge is 0.245 e. The van der Waals surface area contributed by atoms with Crippen LogP contribution in [-0.4, -0.2) is 32.9 Å². The maximum Gasteiger partial charge on any atom is 0.245 e. The summed E-state index contributed by atoms with van der Waals surface area (Å²) in [5, 5.41) is 2.99. The lowest BCUT2D eigenvalue weighted by atomic mass is 9.76. The largest absolute Gasteiger partial charge is 0.387 e. The monoisotopic (exact) mass is 308 g/mol. The van der Waals surface area contributed by atoms with Crippen molar-refractivity contribution in [2.24, 2.45) is 11.8 Å². The average Bonchev–Trinajstić information content (AvgIpc) is 2.54. The molecule has 1 saturated carbocycles. The highest BCUT2D eigenvalue weighted by Gasteiger charge is 2.37. The minimum Gasteiger partial charge on any atom is -0.387 e. The summed E-state index contributed by atoms with van der Waals surface area (Å²) in [6, 6.07) is 7.17. The summed E-state index contributed by atoms with van der Waals surface area (Å²) in [5.74, 6) is 1.30. The van der Waals surface area contributed by atoms with Crippen LogP contribution in [0.3, 0.4) is 0 Å². The van der Waals surface area contributed by atoms with Crippen molar-refractivity contribution in [1.29, 1.82) is 0 Å². The van der Waals surface area contributed by atoms with Gasteiger partial charge in [-0.25, -0.2) is 8.42 Å². The second-order valence-electron chi connectivity index (χ2n) is 6.20. The maximum atomic E-state index is 12.9. The van der Waals surface area contributed by atoms with Crippen LogP contribution in [0.4, 0.5) is 5.69 Å². The summed E-state index contributed by atoms with van der Waals surface area (Å²) in [6.45, 7) is 1.37. The second-order valence-corrected chi connectivity index (χ2v) is 8.11. The highest BCUT2D eigenvalue weighted by Crippen LogP contribution is 2.38. The van der Waals surface area contributed by atoms with Crippen molar-refractivity contribution in [1.82, 2.24) is 4.31 Å². The van der Waals surface area contributed by atoms with Crippen LogP contribution in [0, 0.1) is 11.8 Å². The topological polar surface area (TPSA) is 49.4 Å². The summed E-state index contributed by atoms with van der Waals surface area (Å²) in [7, 11) is -1.62. The molecule has 5 heteroatoms. The standard InChI is InChI=1S/C16H24N2O2S/c1-17-15-8-4-5-9-16(15)21(19,20)18-11-10-13-6-2-3-7-14(13)12-18/h4-5,8-9,13-14,17H,2-3,6-7,10-12H2,1H3. The van der Waals surface area contributed by atoms with Crippen LogP contribution in [0.5, 0.6) is 0 Å². The van der Waals surface area contributed by atoms with Gasteiger partial charge in [0, 0.05) is 20.1 Å². The van der Waals surface area contributed by atoms with E-state index in [2.05, 4.69) is 5.32 Å². The molecule has 1 aromatic rings. The van der Waals surface area contributed by atoms with Gasteiger partial charge in [-0.05, 0) is 36.8 Å². The zero-order valence-electron chi connectivity index (χ0n) is 12.6. The molecule has 0 bridgehead atoms. The normalized spacial score (nSPS) is 27.1. The number of benzene rings is 1. The molecule has 2 unspecified atom stereocenters. The molecule has 2 fully saturated rings. The molecule has 0 amide bonds. The van der Waals surface area contributed by atoms with Crippen LogP contribution in [0.2, 0.25) is 0 Å². The third-order valence-electron chi connectivity index (χ3n) is 5.03. The molecule has 0 radical (unpaired) electrons. The van der Waals surface area contributed by atoms with Crippen molar-refractivity contribution in [2.75, 3.05) is 25.5 Å². The Kier molecular flexibility index (Phi) is 4.22. The molecule has 4 nitrogen and oxygen atoms in total. The number of rotatable bonds is 3. The van der Waals surface area contributed by atoms with Crippen molar-refractivity contribution in [2.45, 2.75) is 37.0 Å². The third-order valence-corrected chi connectivity index (χ3v) is 6.95. The number of para-hydroxylation sites is 1. The average molecular weight is 308 g/mol. The molecule has 1 aromatic carbocycles. The zero-order valence-corrected chi connectivity index (χ0v) is 13.4. The summed E-state index contributed by atoms with van der Waals surface area (Å²) < 4.78 is 27.6. The van der Waals surface area contributed by atoms with E-state index in [-0.39, 0.29) is 0 Å². The van der Waals surface area contributed by atoms with Crippen LogP contribution < -0.4 is 5.32 Å². The zero-order chi connectivity index (χ0) is 14.9. The predicted molar refractivity (Wildman–Crippen MR) is 84.8 cm³/mol. The molecule has 1 N–H and O–H groups in total. The van der Waals surface area contributed by atoms with Gasteiger partial charge in [0.1, 0.15) is 4.90 Å². The molecule has 2 aliphatic rings. The van der Waals surface area contributed by atoms with Crippen LogP contribution in [0.15, 0.2) is 29.2 Å². The van der Waals surface area contributed by atoms with E-state index in [1.54, 1.807) is 23.5 Å². The fourth-order valence-electron chi connectivity index (χ4n) is 3.82. The molecule has 0 aromatic heterocycles. The van der Waals surface area contributed by atoms with E-state index in [1.165, 1.54) is 25.7 Å². The highest BCUT2D eigenvalue weighted by molar-refractivity contribution is 7.89. The maximum absolute atomic E-state index is 12.9. The van der Waals surface area contributed by atoms with E-state index < -0.39 is 10.0 Å². The molecular formula is C16H24N2O2S. The van der Waals surface area contributed by atoms with Crippen molar-refractivity contribution in [3.05, 3.63) is 24.3 Å².